The van der Waals surface area contributed by atoms with E-state index < -0.39 is 5.92 Å². The lowest BCUT2D eigenvalue weighted by atomic mass is 9.96. The van der Waals surface area contributed by atoms with Gasteiger partial charge in [0.05, 0.1) is 18.4 Å². The standard InChI is InChI=1S/C21H26N2O6/c1-2-27-21(26)14-4-3-7-22(12-14)20(25)15-10-19(24)23(13-15)16-5-6-17-18(11-16)29-9-8-28-17/h5-6,11,14-15H,2-4,7-10,12-13H2,1H3. The number of piperidine rings is 1. The summed E-state index contributed by atoms with van der Waals surface area (Å²) < 4.78 is 16.2. The maximum Gasteiger partial charge on any atom is 0.310 e. The van der Waals surface area contributed by atoms with Gasteiger partial charge in [-0.15, -0.1) is 0 Å². The maximum absolute atomic E-state index is 13.0. The van der Waals surface area contributed by atoms with Crippen LogP contribution in [0.3, 0.4) is 0 Å². The number of benzene rings is 1. The molecule has 3 heterocycles. The third kappa shape index (κ3) is 4.02. The molecular formula is C21H26N2O6. The highest BCUT2D eigenvalue weighted by Crippen LogP contribution is 2.36. The van der Waals surface area contributed by atoms with Crippen LogP contribution in [-0.2, 0) is 19.1 Å². The van der Waals surface area contributed by atoms with Crippen molar-refractivity contribution in [1.82, 2.24) is 4.90 Å². The second-order valence-electron chi connectivity index (χ2n) is 7.61. The lowest BCUT2D eigenvalue weighted by Gasteiger charge is -2.33. The summed E-state index contributed by atoms with van der Waals surface area (Å²) in [6.45, 7) is 4.41. The third-order valence-corrected chi connectivity index (χ3v) is 5.66. The lowest BCUT2D eigenvalue weighted by Crippen LogP contribution is -2.45. The average molecular weight is 402 g/mol. The minimum atomic E-state index is -0.406. The van der Waals surface area contributed by atoms with E-state index in [1.807, 2.05) is 6.07 Å². The number of ether oxygens (including phenoxy) is 3. The van der Waals surface area contributed by atoms with Crippen molar-refractivity contribution in [2.75, 3.05) is 44.4 Å². The molecule has 29 heavy (non-hydrogen) atoms. The van der Waals surface area contributed by atoms with E-state index >= 15 is 0 Å². The van der Waals surface area contributed by atoms with Crippen molar-refractivity contribution in [2.24, 2.45) is 11.8 Å². The molecule has 2 saturated heterocycles. The van der Waals surface area contributed by atoms with Gasteiger partial charge >= 0.3 is 5.97 Å². The molecule has 0 bridgehead atoms. The molecule has 3 aliphatic rings. The van der Waals surface area contributed by atoms with Gasteiger partial charge in [-0.25, -0.2) is 0 Å². The largest absolute Gasteiger partial charge is 0.486 e. The van der Waals surface area contributed by atoms with Crippen LogP contribution in [0.15, 0.2) is 18.2 Å². The first-order valence-electron chi connectivity index (χ1n) is 10.2. The SMILES string of the molecule is CCOC(=O)C1CCCN(C(=O)C2CC(=O)N(c3ccc4c(c3)OCCO4)C2)C1. The van der Waals surface area contributed by atoms with Crippen molar-refractivity contribution >= 4 is 23.5 Å². The molecule has 8 nitrogen and oxygen atoms in total. The number of carbonyl (C=O) groups is 3. The first kappa shape index (κ1) is 19.5. The summed E-state index contributed by atoms with van der Waals surface area (Å²) in [4.78, 5) is 41.0. The third-order valence-electron chi connectivity index (χ3n) is 5.66. The molecule has 8 heteroatoms. The molecule has 0 radical (unpaired) electrons. The molecule has 0 aliphatic carbocycles. The number of hydrogen-bond donors (Lipinski definition) is 0. The van der Waals surface area contributed by atoms with Crippen LogP contribution in [0.2, 0.25) is 0 Å². The van der Waals surface area contributed by atoms with Crippen molar-refractivity contribution in [3.63, 3.8) is 0 Å². The summed E-state index contributed by atoms with van der Waals surface area (Å²) >= 11 is 0. The zero-order valence-electron chi connectivity index (χ0n) is 16.6. The summed E-state index contributed by atoms with van der Waals surface area (Å²) in [5.41, 5.74) is 0.706. The molecule has 1 aromatic rings. The Balaban J connectivity index is 1.42. The Labute approximate surface area is 169 Å². The Hall–Kier alpha value is -2.77. The molecule has 0 spiro atoms. The summed E-state index contributed by atoms with van der Waals surface area (Å²) in [6, 6.07) is 5.40. The number of esters is 1. The topological polar surface area (TPSA) is 85.4 Å². The summed E-state index contributed by atoms with van der Waals surface area (Å²) in [5, 5.41) is 0. The Bertz CT molecular complexity index is 810. The normalized spacial score (nSPS) is 23.8. The van der Waals surface area contributed by atoms with Crippen LogP contribution < -0.4 is 14.4 Å². The van der Waals surface area contributed by atoms with E-state index in [0.29, 0.717) is 56.6 Å². The Morgan fingerprint density at radius 1 is 1.14 bits per heavy atom. The van der Waals surface area contributed by atoms with Gasteiger partial charge in [-0.1, -0.05) is 0 Å². The second kappa shape index (κ2) is 8.31. The first-order valence-corrected chi connectivity index (χ1v) is 10.2. The fourth-order valence-electron chi connectivity index (χ4n) is 4.21. The van der Waals surface area contributed by atoms with E-state index in [2.05, 4.69) is 0 Å². The number of rotatable bonds is 4. The van der Waals surface area contributed by atoms with Crippen LogP contribution in [0, 0.1) is 11.8 Å². The highest BCUT2D eigenvalue weighted by Gasteiger charge is 2.39. The highest BCUT2D eigenvalue weighted by atomic mass is 16.6. The number of hydrogen-bond acceptors (Lipinski definition) is 6. The fraction of sp³-hybridized carbons (Fsp3) is 0.571. The average Bonchev–Trinajstić information content (AvgIpc) is 3.14. The van der Waals surface area contributed by atoms with Crippen LogP contribution in [0.5, 0.6) is 11.5 Å². The zero-order valence-corrected chi connectivity index (χ0v) is 16.6. The Kier molecular flexibility index (Phi) is 5.60. The van der Waals surface area contributed by atoms with Gasteiger partial charge in [-0.3, -0.25) is 14.4 Å². The number of nitrogens with zero attached hydrogens (tertiary/aromatic N) is 2. The Morgan fingerprint density at radius 2 is 1.93 bits per heavy atom. The van der Waals surface area contributed by atoms with E-state index in [9.17, 15) is 14.4 Å². The van der Waals surface area contributed by atoms with Crippen LogP contribution in [-0.4, -0.2) is 62.1 Å². The molecular weight excluding hydrogens is 376 g/mol. The van der Waals surface area contributed by atoms with E-state index in [1.165, 1.54) is 0 Å². The molecule has 2 fully saturated rings. The molecule has 2 atom stereocenters. The minimum Gasteiger partial charge on any atom is -0.486 e. The highest BCUT2D eigenvalue weighted by molar-refractivity contribution is 6.00. The van der Waals surface area contributed by atoms with Gasteiger partial charge in [-0.2, -0.15) is 0 Å². The van der Waals surface area contributed by atoms with Crippen molar-refractivity contribution in [3.8, 4) is 11.5 Å². The monoisotopic (exact) mass is 402 g/mol. The number of amides is 2. The summed E-state index contributed by atoms with van der Waals surface area (Å²) in [6.07, 6.45) is 1.67. The van der Waals surface area contributed by atoms with E-state index in [4.69, 9.17) is 14.2 Å². The van der Waals surface area contributed by atoms with Crippen molar-refractivity contribution in [2.45, 2.75) is 26.2 Å². The minimum absolute atomic E-state index is 0.0626. The van der Waals surface area contributed by atoms with Gasteiger partial charge in [0.2, 0.25) is 11.8 Å². The van der Waals surface area contributed by atoms with Crippen molar-refractivity contribution in [3.05, 3.63) is 18.2 Å². The molecule has 0 aromatic heterocycles. The van der Waals surface area contributed by atoms with Crippen molar-refractivity contribution in [1.29, 1.82) is 0 Å². The van der Waals surface area contributed by atoms with Crippen molar-refractivity contribution < 1.29 is 28.6 Å². The van der Waals surface area contributed by atoms with E-state index in [-0.39, 0.29) is 30.1 Å². The summed E-state index contributed by atoms with van der Waals surface area (Å²) in [5.74, 6) is 0.203. The summed E-state index contributed by atoms with van der Waals surface area (Å²) in [7, 11) is 0. The predicted octanol–water partition coefficient (Wildman–Crippen LogP) is 1.61. The van der Waals surface area contributed by atoms with Gasteiger partial charge in [0.25, 0.3) is 0 Å². The molecule has 0 N–H and O–H groups in total. The molecule has 2 unspecified atom stereocenters. The first-order chi connectivity index (χ1) is 14.1. The zero-order chi connectivity index (χ0) is 20.4. The predicted molar refractivity (Wildman–Crippen MR) is 104 cm³/mol. The molecule has 156 valence electrons. The number of fused-ring (bicyclic) bond motifs is 1. The fourth-order valence-corrected chi connectivity index (χ4v) is 4.21. The second-order valence-corrected chi connectivity index (χ2v) is 7.61. The van der Waals surface area contributed by atoms with Gasteiger partial charge in [0, 0.05) is 37.8 Å². The molecule has 1 aromatic carbocycles. The molecule has 2 amide bonds. The van der Waals surface area contributed by atoms with Gasteiger partial charge < -0.3 is 24.0 Å². The van der Waals surface area contributed by atoms with Crippen LogP contribution in [0.25, 0.3) is 0 Å². The number of likely N-dealkylation sites (tertiary alicyclic amines) is 1. The number of anilines is 1. The van der Waals surface area contributed by atoms with Gasteiger partial charge in [0.1, 0.15) is 13.2 Å². The molecule has 3 aliphatic heterocycles. The van der Waals surface area contributed by atoms with Crippen LogP contribution in [0.1, 0.15) is 26.2 Å². The smallest absolute Gasteiger partial charge is 0.310 e. The van der Waals surface area contributed by atoms with Gasteiger partial charge in [-0.05, 0) is 31.9 Å². The quantitative estimate of drug-likeness (QED) is 0.712. The molecule has 4 rings (SSSR count). The Morgan fingerprint density at radius 3 is 2.72 bits per heavy atom. The van der Waals surface area contributed by atoms with Crippen LogP contribution >= 0.6 is 0 Å². The maximum atomic E-state index is 13.0. The van der Waals surface area contributed by atoms with E-state index in [1.54, 1.807) is 28.9 Å². The number of carbonyl (C=O) groups excluding carboxylic acids is 3. The van der Waals surface area contributed by atoms with Gasteiger partial charge in [0.15, 0.2) is 11.5 Å². The van der Waals surface area contributed by atoms with E-state index in [0.717, 1.165) is 12.8 Å². The van der Waals surface area contributed by atoms with Crippen LogP contribution in [0.4, 0.5) is 5.69 Å². The lowest BCUT2D eigenvalue weighted by molar-refractivity contribution is -0.152. The molecule has 0 saturated carbocycles.